The first-order chi connectivity index (χ1) is 17.9. The molecule has 1 aliphatic rings. The van der Waals surface area contributed by atoms with Crippen LogP contribution in [0.5, 0.6) is 0 Å². The smallest absolute Gasteiger partial charge is 0.303 e. The second kappa shape index (κ2) is 12.9. The lowest BCUT2D eigenvalue weighted by atomic mass is 10.0. The van der Waals surface area contributed by atoms with Crippen molar-refractivity contribution >= 4 is 29.3 Å². The van der Waals surface area contributed by atoms with Crippen LogP contribution in [0.15, 0.2) is 83.8 Å². The van der Waals surface area contributed by atoms with E-state index in [2.05, 4.69) is 17.4 Å². The summed E-state index contributed by atoms with van der Waals surface area (Å²) in [4.78, 5) is 24.5. The van der Waals surface area contributed by atoms with Crippen LogP contribution in [0.3, 0.4) is 0 Å². The SMILES string of the molecule is CC(=O)O[C@@H](C)C(=O)Nc1ccc([C@@H]2O[C@H](CSc3ccccc3)C[C@H](c3ccc(CO)cc3)O2)cc1. The Balaban J connectivity index is 1.47. The second-order valence-corrected chi connectivity index (χ2v) is 9.93. The molecule has 4 rings (SSSR count). The molecule has 37 heavy (non-hydrogen) atoms. The highest BCUT2D eigenvalue weighted by molar-refractivity contribution is 7.99. The van der Waals surface area contributed by atoms with Crippen molar-refractivity contribution in [1.82, 2.24) is 0 Å². The summed E-state index contributed by atoms with van der Waals surface area (Å²) >= 11 is 1.75. The number of nitrogens with one attached hydrogen (secondary N) is 1. The molecule has 4 atom stereocenters. The van der Waals surface area contributed by atoms with Gasteiger partial charge in [0.05, 0.1) is 18.8 Å². The number of aliphatic hydroxyl groups excluding tert-OH is 1. The average Bonchev–Trinajstić information content (AvgIpc) is 2.92. The first-order valence-corrected chi connectivity index (χ1v) is 13.2. The summed E-state index contributed by atoms with van der Waals surface area (Å²) in [5, 5.41) is 12.1. The number of thioether (sulfide) groups is 1. The van der Waals surface area contributed by atoms with Crippen molar-refractivity contribution in [2.45, 2.75) is 56.4 Å². The molecule has 1 fully saturated rings. The summed E-state index contributed by atoms with van der Waals surface area (Å²) in [5.41, 5.74) is 3.29. The fourth-order valence-electron chi connectivity index (χ4n) is 4.00. The van der Waals surface area contributed by atoms with Crippen LogP contribution in [0.25, 0.3) is 0 Å². The van der Waals surface area contributed by atoms with Crippen molar-refractivity contribution < 1.29 is 28.9 Å². The molecule has 0 aliphatic carbocycles. The Morgan fingerprint density at radius 1 is 1.00 bits per heavy atom. The zero-order valence-corrected chi connectivity index (χ0v) is 21.6. The fourth-order valence-corrected chi connectivity index (χ4v) is 4.94. The largest absolute Gasteiger partial charge is 0.453 e. The number of hydrogen-bond donors (Lipinski definition) is 2. The Kier molecular flexibility index (Phi) is 9.35. The van der Waals surface area contributed by atoms with Gasteiger partial charge >= 0.3 is 5.97 Å². The van der Waals surface area contributed by atoms with Crippen molar-refractivity contribution in [1.29, 1.82) is 0 Å². The van der Waals surface area contributed by atoms with Gasteiger partial charge in [0, 0.05) is 35.2 Å². The maximum atomic E-state index is 12.3. The van der Waals surface area contributed by atoms with Gasteiger partial charge in [0.15, 0.2) is 12.4 Å². The van der Waals surface area contributed by atoms with E-state index in [1.807, 2.05) is 54.6 Å². The normalized spacial score (nSPS) is 20.1. The number of carbonyl (C=O) groups excluding carboxylic acids is 2. The van der Waals surface area contributed by atoms with Crippen LogP contribution in [-0.4, -0.2) is 34.9 Å². The van der Waals surface area contributed by atoms with E-state index in [1.54, 1.807) is 23.9 Å². The monoisotopic (exact) mass is 521 g/mol. The van der Waals surface area contributed by atoms with Crippen LogP contribution in [0.1, 0.15) is 49.4 Å². The summed E-state index contributed by atoms with van der Waals surface area (Å²) in [6.07, 6.45) is -0.977. The van der Waals surface area contributed by atoms with Crippen LogP contribution >= 0.6 is 11.8 Å². The van der Waals surface area contributed by atoms with E-state index >= 15 is 0 Å². The van der Waals surface area contributed by atoms with Crippen LogP contribution in [0.2, 0.25) is 0 Å². The van der Waals surface area contributed by atoms with E-state index in [-0.39, 0.29) is 18.8 Å². The lowest BCUT2D eigenvalue weighted by Crippen LogP contribution is -2.31. The third kappa shape index (κ3) is 7.66. The Hall–Kier alpha value is -3.17. The minimum Gasteiger partial charge on any atom is -0.453 e. The number of carbonyl (C=O) groups is 2. The lowest BCUT2D eigenvalue weighted by molar-refractivity contribution is -0.245. The molecule has 3 aromatic carbocycles. The zero-order valence-electron chi connectivity index (χ0n) is 20.8. The van der Waals surface area contributed by atoms with Gasteiger partial charge in [-0.25, -0.2) is 0 Å². The highest BCUT2D eigenvalue weighted by atomic mass is 32.2. The molecule has 1 amide bonds. The van der Waals surface area contributed by atoms with Gasteiger partial charge in [-0.1, -0.05) is 54.6 Å². The van der Waals surface area contributed by atoms with Gasteiger partial charge in [0.2, 0.25) is 0 Å². The first kappa shape index (κ1) is 26.9. The van der Waals surface area contributed by atoms with Crippen LogP contribution in [0, 0.1) is 0 Å². The predicted molar refractivity (Wildman–Crippen MR) is 142 cm³/mol. The van der Waals surface area contributed by atoms with Gasteiger partial charge in [0.1, 0.15) is 0 Å². The topological polar surface area (TPSA) is 94.1 Å². The molecule has 3 aromatic rings. The molecule has 1 aliphatic heterocycles. The highest BCUT2D eigenvalue weighted by Gasteiger charge is 2.32. The van der Waals surface area contributed by atoms with Gasteiger partial charge < -0.3 is 24.6 Å². The first-order valence-electron chi connectivity index (χ1n) is 12.2. The summed E-state index contributed by atoms with van der Waals surface area (Å²) in [7, 11) is 0. The summed E-state index contributed by atoms with van der Waals surface area (Å²) in [6.45, 7) is 2.79. The molecular formula is C29H31NO6S. The Morgan fingerprint density at radius 3 is 2.32 bits per heavy atom. The number of amides is 1. The number of ether oxygens (including phenoxy) is 3. The molecule has 0 unspecified atom stereocenters. The molecular weight excluding hydrogens is 490 g/mol. The lowest BCUT2D eigenvalue weighted by Gasteiger charge is -2.36. The number of rotatable bonds is 9. The minimum atomic E-state index is -0.886. The number of hydrogen-bond acceptors (Lipinski definition) is 7. The summed E-state index contributed by atoms with van der Waals surface area (Å²) < 4.78 is 17.7. The Morgan fingerprint density at radius 2 is 1.68 bits per heavy atom. The maximum Gasteiger partial charge on any atom is 0.303 e. The predicted octanol–water partition coefficient (Wildman–Crippen LogP) is 5.41. The fraction of sp³-hybridized carbons (Fsp3) is 0.310. The van der Waals surface area contributed by atoms with Gasteiger partial charge in [-0.05, 0) is 42.3 Å². The van der Waals surface area contributed by atoms with Gasteiger partial charge in [0.25, 0.3) is 5.91 Å². The van der Waals surface area contributed by atoms with Crippen molar-refractivity contribution in [2.24, 2.45) is 0 Å². The van der Waals surface area contributed by atoms with E-state index in [0.717, 1.165) is 22.4 Å². The molecule has 194 valence electrons. The van der Waals surface area contributed by atoms with Gasteiger partial charge in [-0.2, -0.15) is 0 Å². The Labute approximate surface area is 221 Å². The molecule has 8 heteroatoms. The van der Waals surface area contributed by atoms with E-state index in [1.165, 1.54) is 18.7 Å². The number of esters is 1. The minimum absolute atomic E-state index is 0.00355. The molecule has 1 saturated heterocycles. The second-order valence-electron chi connectivity index (χ2n) is 8.84. The Bertz CT molecular complexity index is 1170. The van der Waals surface area contributed by atoms with Crippen molar-refractivity contribution in [3.05, 3.63) is 95.6 Å². The summed E-state index contributed by atoms with van der Waals surface area (Å²) in [6, 6.07) is 25.3. The van der Waals surface area contributed by atoms with Crippen LogP contribution in [0.4, 0.5) is 5.69 Å². The van der Waals surface area contributed by atoms with Crippen molar-refractivity contribution in [2.75, 3.05) is 11.1 Å². The molecule has 0 bridgehead atoms. The average molecular weight is 522 g/mol. The standard InChI is InChI=1S/C29H31NO6S/c1-19(34-20(2)32)28(33)30-24-14-12-23(13-15-24)29-35-25(18-37-26-6-4-3-5-7-26)16-27(36-29)22-10-8-21(17-31)9-11-22/h3-15,19,25,27,29,31H,16-18H2,1-2H3,(H,30,33)/t19-,25-,27+,29+/m0/s1. The van der Waals surface area contributed by atoms with E-state index < -0.39 is 24.3 Å². The van der Waals surface area contributed by atoms with E-state index in [4.69, 9.17) is 14.2 Å². The number of anilines is 1. The maximum absolute atomic E-state index is 12.3. The van der Waals surface area contributed by atoms with Crippen molar-refractivity contribution in [3.8, 4) is 0 Å². The van der Waals surface area contributed by atoms with Gasteiger partial charge in [-0.3, -0.25) is 9.59 Å². The number of benzene rings is 3. The molecule has 0 spiro atoms. The van der Waals surface area contributed by atoms with Crippen molar-refractivity contribution in [3.63, 3.8) is 0 Å². The molecule has 0 aromatic heterocycles. The van der Waals surface area contributed by atoms with E-state index in [9.17, 15) is 14.7 Å². The molecule has 1 heterocycles. The van der Waals surface area contributed by atoms with Crippen LogP contribution < -0.4 is 5.32 Å². The van der Waals surface area contributed by atoms with E-state index in [0.29, 0.717) is 12.1 Å². The van der Waals surface area contributed by atoms with Gasteiger partial charge in [-0.15, -0.1) is 11.8 Å². The summed E-state index contributed by atoms with van der Waals surface area (Å²) in [5.74, 6) is -0.139. The third-order valence-electron chi connectivity index (χ3n) is 5.96. The molecule has 2 N–H and O–H groups in total. The third-order valence-corrected chi connectivity index (χ3v) is 7.10. The highest BCUT2D eigenvalue weighted by Crippen LogP contribution is 2.39. The molecule has 7 nitrogen and oxygen atoms in total. The molecule has 0 radical (unpaired) electrons. The quantitative estimate of drug-likeness (QED) is 0.287. The zero-order chi connectivity index (χ0) is 26.2. The van der Waals surface area contributed by atoms with Crippen LogP contribution in [-0.2, 0) is 30.4 Å². The molecule has 0 saturated carbocycles. The number of aliphatic hydroxyl groups is 1.